The van der Waals surface area contributed by atoms with Crippen molar-refractivity contribution < 1.29 is 24.1 Å². The van der Waals surface area contributed by atoms with Crippen LogP contribution in [0, 0.1) is 5.92 Å². The van der Waals surface area contributed by atoms with Crippen molar-refractivity contribution in [3.63, 3.8) is 0 Å². The second kappa shape index (κ2) is 14.2. The number of hydrogen-bond donors (Lipinski definition) is 1. The highest BCUT2D eigenvalue weighted by Gasteiger charge is 2.52. The number of benzene rings is 4. The van der Waals surface area contributed by atoms with Crippen LogP contribution in [0.5, 0.6) is 0 Å². The highest BCUT2D eigenvalue weighted by Crippen LogP contribution is 2.36. The first kappa shape index (κ1) is 27.3. The molecular weight excluding hydrogens is 488 g/mol. The van der Waals surface area contributed by atoms with Gasteiger partial charge in [-0.15, -0.1) is 0 Å². The zero-order valence-electron chi connectivity index (χ0n) is 22.0. The summed E-state index contributed by atoms with van der Waals surface area (Å²) < 4.78 is 25.5. The van der Waals surface area contributed by atoms with Gasteiger partial charge in [0.25, 0.3) is 0 Å². The molecule has 1 N–H and O–H groups in total. The van der Waals surface area contributed by atoms with E-state index in [1.165, 1.54) is 0 Å². The van der Waals surface area contributed by atoms with Gasteiger partial charge in [0, 0.05) is 5.92 Å². The Kier molecular flexibility index (Phi) is 9.91. The summed E-state index contributed by atoms with van der Waals surface area (Å²) in [5.74, 6) is -0.225. The van der Waals surface area contributed by atoms with Gasteiger partial charge in [0.2, 0.25) is 0 Å². The van der Waals surface area contributed by atoms with Gasteiger partial charge in [0.05, 0.1) is 45.2 Å². The second-order valence-electron chi connectivity index (χ2n) is 9.94. The molecule has 5 nitrogen and oxygen atoms in total. The number of rotatable bonds is 13. The standard InChI is InChI=1S/C34H36O5/c35-31-32(37-22-27-15-7-2-8-16-27)30(25-36-21-26-13-5-1-6-14-26)33(38-23-28-17-9-3-10-18-28)34(31)39-24-29-19-11-4-12-20-29/h1-20,30-35H,21-25H2/t30-,31+,32-,33+,34+/m0/s1. The summed E-state index contributed by atoms with van der Waals surface area (Å²) in [6.45, 7) is 2.01. The smallest absolute Gasteiger partial charge is 0.113 e. The van der Waals surface area contributed by atoms with Gasteiger partial charge in [-0.2, -0.15) is 0 Å². The van der Waals surface area contributed by atoms with Gasteiger partial charge in [-0.1, -0.05) is 121 Å². The second-order valence-corrected chi connectivity index (χ2v) is 9.94. The van der Waals surface area contributed by atoms with Gasteiger partial charge in [0.1, 0.15) is 12.2 Å². The summed E-state index contributed by atoms with van der Waals surface area (Å²) >= 11 is 0. The van der Waals surface area contributed by atoms with Gasteiger partial charge >= 0.3 is 0 Å². The molecule has 5 rings (SSSR count). The van der Waals surface area contributed by atoms with Gasteiger partial charge in [-0.25, -0.2) is 0 Å². The summed E-state index contributed by atoms with van der Waals surface area (Å²) in [5, 5.41) is 11.6. The van der Waals surface area contributed by atoms with Gasteiger partial charge in [0.15, 0.2) is 0 Å². The van der Waals surface area contributed by atoms with E-state index < -0.39 is 24.4 Å². The molecule has 5 atom stereocenters. The van der Waals surface area contributed by atoms with Crippen molar-refractivity contribution in [2.45, 2.75) is 50.8 Å². The van der Waals surface area contributed by atoms with Crippen LogP contribution in [0.1, 0.15) is 22.3 Å². The lowest BCUT2D eigenvalue weighted by Crippen LogP contribution is -2.37. The first-order chi connectivity index (χ1) is 19.3. The van der Waals surface area contributed by atoms with E-state index in [0.29, 0.717) is 33.0 Å². The summed E-state index contributed by atoms with van der Waals surface area (Å²) in [6, 6.07) is 40.1. The molecule has 0 aromatic heterocycles. The molecular formula is C34H36O5. The van der Waals surface area contributed by atoms with Crippen LogP contribution in [0.3, 0.4) is 0 Å². The lowest BCUT2D eigenvalue weighted by atomic mass is 10.0. The Bertz CT molecular complexity index is 1220. The number of ether oxygens (including phenoxy) is 4. The van der Waals surface area contributed by atoms with Crippen LogP contribution in [0.25, 0.3) is 0 Å². The van der Waals surface area contributed by atoms with Crippen LogP contribution in [-0.4, -0.2) is 36.1 Å². The minimum Gasteiger partial charge on any atom is -0.388 e. The monoisotopic (exact) mass is 524 g/mol. The van der Waals surface area contributed by atoms with E-state index in [1.807, 2.05) is 121 Å². The Morgan fingerprint density at radius 2 is 0.795 bits per heavy atom. The van der Waals surface area contributed by atoms with Crippen LogP contribution in [0.4, 0.5) is 0 Å². The molecule has 0 aliphatic heterocycles. The van der Waals surface area contributed by atoms with Crippen molar-refractivity contribution in [3.05, 3.63) is 144 Å². The fourth-order valence-electron chi connectivity index (χ4n) is 5.08. The lowest BCUT2D eigenvalue weighted by molar-refractivity contribution is -0.118. The molecule has 1 saturated carbocycles. The van der Waals surface area contributed by atoms with Gasteiger partial charge in [-0.05, 0) is 22.3 Å². The summed E-state index contributed by atoms with van der Waals surface area (Å²) in [7, 11) is 0. The van der Waals surface area contributed by atoms with Crippen LogP contribution in [0.15, 0.2) is 121 Å². The van der Waals surface area contributed by atoms with Crippen molar-refractivity contribution in [2.75, 3.05) is 6.61 Å². The summed E-state index contributed by atoms with van der Waals surface area (Å²) in [5.41, 5.74) is 4.24. The molecule has 1 aliphatic carbocycles. The number of aliphatic hydroxyl groups excluding tert-OH is 1. The summed E-state index contributed by atoms with van der Waals surface area (Å²) in [6.07, 6.45) is -2.37. The molecule has 1 aliphatic rings. The van der Waals surface area contributed by atoms with Crippen LogP contribution < -0.4 is 0 Å². The average molecular weight is 525 g/mol. The first-order valence-electron chi connectivity index (χ1n) is 13.5. The lowest BCUT2D eigenvalue weighted by Gasteiger charge is -2.27. The van der Waals surface area contributed by atoms with Gasteiger partial charge < -0.3 is 24.1 Å². The number of hydrogen-bond acceptors (Lipinski definition) is 5. The minimum atomic E-state index is -0.872. The third kappa shape index (κ3) is 7.63. The van der Waals surface area contributed by atoms with Crippen molar-refractivity contribution in [2.24, 2.45) is 5.92 Å². The van der Waals surface area contributed by atoms with E-state index in [-0.39, 0.29) is 5.92 Å². The maximum absolute atomic E-state index is 11.6. The van der Waals surface area contributed by atoms with E-state index in [2.05, 4.69) is 0 Å². The normalized spacial score (nSPS) is 22.6. The van der Waals surface area contributed by atoms with Crippen LogP contribution in [0.2, 0.25) is 0 Å². The Morgan fingerprint density at radius 3 is 1.23 bits per heavy atom. The number of aliphatic hydroxyl groups is 1. The predicted octanol–water partition coefficient (Wildman–Crippen LogP) is 5.95. The van der Waals surface area contributed by atoms with Crippen molar-refractivity contribution in [1.82, 2.24) is 0 Å². The molecule has 0 saturated heterocycles. The predicted molar refractivity (Wildman–Crippen MR) is 151 cm³/mol. The first-order valence-corrected chi connectivity index (χ1v) is 13.5. The Labute approximate surface area is 230 Å². The molecule has 4 aromatic rings. The molecule has 0 amide bonds. The quantitative estimate of drug-likeness (QED) is 0.234. The topological polar surface area (TPSA) is 57.2 Å². The highest BCUT2D eigenvalue weighted by atomic mass is 16.6. The molecule has 0 heterocycles. The molecule has 0 radical (unpaired) electrons. The minimum absolute atomic E-state index is 0.225. The maximum atomic E-state index is 11.6. The van der Waals surface area contributed by atoms with Crippen molar-refractivity contribution >= 4 is 0 Å². The molecule has 0 spiro atoms. The van der Waals surface area contributed by atoms with Crippen LogP contribution >= 0.6 is 0 Å². The fraction of sp³-hybridized carbons (Fsp3) is 0.294. The largest absolute Gasteiger partial charge is 0.388 e. The fourth-order valence-corrected chi connectivity index (χ4v) is 5.08. The Balaban J connectivity index is 1.35. The zero-order chi connectivity index (χ0) is 26.7. The Hall–Kier alpha value is -3.32. The van der Waals surface area contributed by atoms with Gasteiger partial charge in [-0.3, -0.25) is 0 Å². The SMILES string of the molecule is O[C@@H]1[C@@H](OCc2ccccc2)[C@H](COCc2ccccc2)[C@@H](OCc2ccccc2)[C@@H]1OCc1ccccc1. The molecule has 4 aromatic carbocycles. The van der Waals surface area contributed by atoms with E-state index in [9.17, 15) is 5.11 Å². The van der Waals surface area contributed by atoms with E-state index >= 15 is 0 Å². The zero-order valence-corrected chi connectivity index (χ0v) is 22.0. The third-order valence-corrected chi connectivity index (χ3v) is 7.12. The van der Waals surface area contributed by atoms with E-state index in [1.54, 1.807) is 0 Å². The van der Waals surface area contributed by atoms with Crippen molar-refractivity contribution in [1.29, 1.82) is 0 Å². The summed E-state index contributed by atoms with van der Waals surface area (Å²) in [4.78, 5) is 0. The molecule has 202 valence electrons. The molecule has 0 bridgehead atoms. The average Bonchev–Trinajstić information content (AvgIpc) is 3.25. The highest BCUT2D eigenvalue weighted by molar-refractivity contribution is 5.17. The van der Waals surface area contributed by atoms with Crippen molar-refractivity contribution in [3.8, 4) is 0 Å². The molecule has 1 fully saturated rings. The molecule has 5 heteroatoms. The maximum Gasteiger partial charge on any atom is 0.113 e. The van der Waals surface area contributed by atoms with E-state index in [0.717, 1.165) is 22.3 Å². The third-order valence-electron chi connectivity index (χ3n) is 7.12. The van der Waals surface area contributed by atoms with E-state index in [4.69, 9.17) is 18.9 Å². The molecule has 39 heavy (non-hydrogen) atoms. The van der Waals surface area contributed by atoms with Crippen LogP contribution in [-0.2, 0) is 45.4 Å². The molecule has 0 unspecified atom stereocenters. The Morgan fingerprint density at radius 1 is 0.436 bits per heavy atom.